The van der Waals surface area contributed by atoms with Crippen LogP contribution in [0.15, 0.2) is 18.2 Å². The van der Waals surface area contributed by atoms with Gasteiger partial charge in [-0.1, -0.05) is 39.8 Å². The van der Waals surface area contributed by atoms with Crippen molar-refractivity contribution in [2.45, 2.75) is 40.2 Å². The van der Waals surface area contributed by atoms with Crippen molar-refractivity contribution >= 4 is 0 Å². The second kappa shape index (κ2) is 5.75. The summed E-state index contributed by atoms with van der Waals surface area (Å²) < 4.78 is 5.58. The van der Waals surface area contributed by atoms with Crippen LogP contribution in [0.25, 0.3) is 0 Å². The Morgan fingerprint density at radius 1 is 1.28 bits per heavy atom. The quantitative estimate of drug-likeness (QED) is 0.859. The molecule has 2 nitrogen and oxygen atoms in total. The molecule has 1 aliphatic rings. The molecular formula is C16H25NO. The molecule has 0 bridgehead atoms. The zero-order valence-corrected chi connectivity index (χ0v) is 12.0. The Hall–Kier alpha value is -1.02. The number of nitrogens with one attached hydrogen (secondary N) is 1. The molecule has 0 fully saturated rings. The van der Waals surface area contributed by atoms with Crippen LogP contribution < -0.4 is 10.1 Å². The standard InChI is InChI=1S/C16H25NO/c1-5-17-16(12(4)11(2)3)14-6-7-15-13(10-14)8-9-18-15/h6-7,10-12,16-17H,5,8-9H2,1-4H3. The lowest BCUT2D eigenvalue weighted by Crippen LogP contribution is -2.29. The lowest BCUT2D eigenvalue weighted by atomic mass is 9.85. The van der Waals surface area contributed by atoms with Crippen LogP contribution in [0.5, 0.6) is 5.75 Å². The van der Waals surface area contributed by atoms with Gasteiger partial charge in [0.25, 0.3) is 0 Å². The summed E-state index contributed by atoms with van der Waals surface area (Å²) in [6.45, 7) is 11.0. The second-order valence-corrected chi connectivity index (χ2v) is 5.60. The van der Waals surface area contributed by atoms with Gasteiger partial charge in [0.1, 0.15) is 5.75 Å². The number of hydrogen-bond acceptors (Lipinski definition) is 2. The SMILES string of the molecule is CCNC(c1ccc2c(c1)CCO2)C(C)C(C)C. The molecule has 18 heavy (non-hydrogen) atoms. The molecule has 0 aromatic heterocycles. The van der Waals surface area contributed by atoms with Crippen LogP contribution in [-0.2, 0) is 6.42 Å². The maximum absolute atomic E-state index is 5.58. The van der Waals surface area contributed by atoms with Gasteiger partial charge in [-0.15, -0.1) is 0 Å². The molecule has 0 spiro atoms. The van der Waals surface area contributed by atoms with Crippen molar-refractivity contribution in [3.05, 3.63) is 29.3 Å². The van der Waals surface area contributed by atoms with Gasteiger partial charge >= 0.3 is 0 Å². The summed E-state index contributed by atoms with van der Waals surface area (Å²) in [6, 6.07) is 7.13. The Morgan fingerprint density at radius 2 is 2.06 bits per heavy atom. The molecule has 0 saturated carbocycles. The molecule has 1 N–H and O–H groups in total. The first-order chi connectivity index (χ1) is 8.63. The van der Waals surface area contributed by atoms with Gasteiger partial charge in [-0.25, -0.2) is 0 Å². The largest absolute Gasteiger partial charge is 0.493 e. The molecule has 2 atom stereocenters. The van der Waals surface area contributed by atoms with E-state index in [9.17, 15) is 0 Å². The van der Waals surface area contributed by atoms with Crippen LogP contribution in [0, 0.1) is 11.8 Å². The number of ether oxygens (including phenoxy) is 1. The van der Waals surface area contributed by atoms with E-state index in [0.717, 1.165) is 25.3 Å². The summed E-state index contributed by atoms with van der Waals surface area (Å²) >= 11 is 0. The molecule has 0 saturated heterocycles. The monoisotopic (exact) mass is 247 g/mol. The van der Waals surface area contributed by atoms with Gasteiger partial charge in [0.2, 0.25) is 0 Å². The molecular weight excluding hydrogens is 222 g/mol. The van der Waals surface area contributed by atoms with E-state index in [0.29, 0.717) is 17.9 Å². The topological polar surface area (TPSA) is 21.3 Å². The Kier molecular flexibility index (Phi) is 4.28. The van der Waals surface area contributed by atoms with E-state index >= 15 is 0 Å². The highest BCUT2D eigenvalue weighted by atomic mass is 16.5. The van der Waals surface area contributed by atoms with Gasteiger partial charge in [0, 0.05) is 12.5 Å². The molecule has 2 heteroatoms. The predicted molar refractivity (Wildman–Crippen MR) is 76.1 cm³/mol. The number of fused-ring (bicyclic) bond motifs is 1. The van der Waals surface area contributed by atoms with Crippen molar-refractivity contribution in [3.63, 3.8) is 0 Å². The van der Waals surface area contributed by atoms with E-state index in [1.807, 2.05) is 0 Å². The van der Waals surface area contributed by atoms with Crippen molar-refractivity contribution in [1.82, 2.24) is 5.32 Å². The summed E-state index contributed by atoms with van der Waals surface area (Å²) in [4.78, 5) is 0. The van der Waals surface area contributed by atoms with Crippen LogP contribution in [0.3, 0.4) is 0 Å². The third-order valence-corrected chi connectivity index (χ3v) is 4.07. The zero-order chi connectivity index (χ0) is 13.1. The van der Waals surface area contributed by atoms with Crippen molar-refractivity contribution in [2.75, 3.05) is 13.2 Å². The summed E-state index contributed by atoms with van der Waals surface area (Å²) in [7, 11) is 0. The maximum atomic E-state index is 5.58. The minimum absolute atomic E-state index is 0.445. The lowest BCUT2D eigenvalue weighted by molar-refractivity contribution is 0.307. The van der Waals surface area contributed by atoms with Crippen LogP contribution in [0.1, 0.15) is 44.9 Å². The Labute approximate surface area is 111 Å². The normalized spacial score (nSPS) is 17.4. The van der Waals surface area contributed by atoms with Crippen molar-refractivity contribution in [1.29, 1.82) is 0 Å². The Morgan fingerprint density at radius 3 is 2.72 bits per heavy atom. The van der Waals surface area contributed by atoms with Crippen LogP contribution in [0.4, 0.5) is 0 Å². The number of hydrogen-bond donors (Lipinski definition) is 1. The molecule has 0 radical (unpaired) electrons. The fourth-order valence-corrected chi connectivity index (χ4v) is 2.61. The molecule has 1 aromatic carbocycles. The van der Waals surface area contributed by atoms with E-state index in [-0.39, 0.29) is 0 Å². The fourth-order valence-electron chi connectivity index (χ4n) is 2.61. The van der Waals surface area contributed by atoms with Gasteiger partial charge in [0.15, 0.2) is 0 Å². The number of rotatable bonds is 5. The van der Waals surface area contributed by atoms with Crippen molar-refractivity contribution < 1.29 is 4.74 Å². The molecule has 2 unspecified atom stereocenters. The second-order valence-electron chi connectivity index (χ2n) is 5.60. The van der Waals surface area contributed by atoms with Crippen molar-refractivity contribution in [2.24, 2.45) is 11.8 Å². The average molecular weight is 247 g/mol. The molecule has 2 rings (SSSR count). The first-order valence-electron chi connectivity index (χ1n) is 7.12. The van der Waals surface area contributed by atoms with Crippen molar-refractivity contribution in [3.8, 4) is 5.75 Å². The van der Waals surface area contributed by atoms with Gasteiger partial charge in [-0.2, -0.15) is 0 Å². The molecule has 1 aromatic rings. The predicted octanol–water partition coefficient (Wildman–Crippen LogP) is 3.56. The Balaban J connectivity index is 2.25. The third kappa shape index (κ3) is 2.69. The number of benzene rings is 1. The molecule has 0 aliphatic carbocycles. The molecule has 0 amide bonds. The summed E-state index contributed by atoms with van der Waals surface area (Å²) in [5, 5.41) is 3.63. The molecule has 100 valence electrons. The fraction of sp³-hybridized carbons (Fsp3) is 0.625. The summed E-state index contributed by atoms with van der Waals surface area (Å²) in [5.41, 5.74) is 2.77. The summed E-state index contributed by atoms with van der Waals surface area (Å²) in [5.74, 6) is 2.38. The highest BCUT2D eigenvalue weighted by Crippen LogP contribution is 2.32. The first-order valence-corrected chi connectivity index (χ1v) is 7.12. The highest BCUT2D eigenvalue weighted by molar-refractivity contribution is 5.41. The lowest BCUT2D eigenvalue weighted by Gasteiger charge is -2.28. The van der Waals surface area contributed by atoms with E-state index < -0.39 is 0 Å². The minimum Gasteiger partial charge on any atom is -0.493 e. The van der Waals surface area contributed by atoms with E-state index in [4.69, 9.17) is 4.74 Å². The summed E-state index contributed by atoms with van der Waals surface area (Å²) in [6.07, 6.45) is 1.05. The zero-order valence-electron chi connectivity index (χ0n) is 12.0. The molecule has 1 aliphatic heterocycles. The highest BCUT2D eigenvalue weighted by Gasteiger charge is 2.23. The third-order valence-electron chi connectivity index (χ3n) is 4.07. The van der Waals surface area contributed by atoms with E-state index in [2.05, 4.69) is 51.2 Å². The van der Waals surface area contributed by atoms with Gasteiger partial charge in [-0.3, -0.25) is 0 Å². The van der Waals surface area contributed by atoms with Crippen LogP contribution in [-0.4, -0.2) is 13.2 Å². The van der Waals surface area contributed by atoms with E-state index in [1.165, 1.54) is 11.1 Å². The first kappa shape index (κ1) is 13.4. The average Bonchev–Trinajstić information content (AvgIpc) is 2.82. The minimum atomic E-state index is 0.445. The van der Waals surface area contributed by atoms with Crippen LogP contribution in [0.2, 0.25) is 0 Å². The van der Waals surface area contributed by atoms with Gasteiger partial charge in [-0.05, 0) is 35.6 Å². The van der Waals surface area contributed by atoms with Gasteiger partial charge in [0.05, 0.1) is 6.61 Å². The van der Waals surface area contributed by atoms with E-state index in [1.54, 1.807) is 0 Å². The molecule has 1 heterocycles. The smallest absolute Gasteiger partial charge is 0.122 e. The van der Waals surface area contributed by atoms with Crippen LogP contribution >= 0.6 is 0 Å². The van der Waals surface area contributed by atoms with Gasteiger partial charge < -0.3 is 10.1 Å². The maximum Gasteiger partial charge on any atom is 0.122 e. The Bertz CT molecular complexity index is 400.